The van der Waals surface area contributed by atoms with Gasteiger partial charge in [0.1, 0.15) is 11.3 Å². The Morgan fingerprint density at radius 2 is 2.17 bits per heavy atom. The summed E-state index contributed by atoms with van der Waals surface area (Å²) in [6.07, 6.45) is 3.37. The number of hydrogen-bond acceptors (Lipinski definition) is 5. The zero-order valence-corrected chi connectivity index (χ0v) is 13.9. The number of fused-ring (bicyclic) bond motifs is 1. The van der Waals surface area contributed by atoms with Crippen LogP contribution in [0.25, 0.3) is 15.9 Å². The first-order valence-electron chi connectivity index (χ1n) is 7.35. The highest BCUT2D eigenvalue weighted by molar-refractivity contribution is 7.15. The van der Waals surface area contributed by atoms with Gasteiger partial charge >= 0.3 is 0 Å². The number of benzene rings is 1. The summed E-state index contributed by atoms with van der Waals surface area (Å²) in [5, 5.41) is 16.0. The molecule has 1 amide bonds. The van der Waals surface area contributed by atoms with E-state index in [1.165, 1.54) is 22.3 Å². The second kappa shape index (κ2) is 5.57. The average molecular weight is 338 g/mol. The largest absolute Gasteiger partial charge is 0.361 e. The van der Waals surface area contributed by atoms with Crippen molar-refractivity contribution >= 4 is 33.8 Å². The number of amides is 1. The highest BCUT2D eigenvalue weighted by atomic mass is 32.1. The SMILES string of the molecule is Cc1sc(-n2cnnn2)c(C(=O)Nc2ccc3cc[nH]c3c2)c1C. The number of carbonyl (C=O) groups excluding carboxylic acids is 1. The average Bonchev–Trinajstić information content (AvgIpc) is 3.28. The summed E-state index contributed by atoms with van der Waals surface area (Å²) in [5.41, 5.74) is 3.24. The zero-order valence-electron chi connectivity index (χ0n) is 13.1. The summed E-state index contributed by atoms with van der Waals surface area (Å²) in [7, 11) is 0. The smallest absolute Gasteiger partial charge is 0.259 e. The van der Waals surface area contributed by atoms with E-state index in [2.05, 4.69) is 25.8 Å². The maximum Gasteiger partial charge on any atom is 0.259 e. The van der Waals surface area contributed by atoms with Crippen molar-refractivity contribution in [3.63, 3.8) is 0 Å². The van der Waals surface area contributed by atoms with Crippen LogP contribution in [0.2, 0.25) is 0 Å². The minimum absolute atomic E-state index is 0.173. The molecule has 2 N–H and O–H groups in total. The van der Waals surface area contributed by atoms with E-state index in [4.69, 9.17) is 0 Å². The molecule has 0 aliphatic rings. The van der Waals surface area contributed by atoms with Crippen LogP contribution in [0.3, 0.4) is 0 Å². The number of aromatic amines is 1. The van der Waals surface area contributed by atoms with Crippen LogP contribution in [0.4, 0.5) is 5.69 Å². The number of hydrogen-bond donors (Lipinski definition) is 2. The van der Waals surface area contributed by atoms with Gasteiger partial charge in [-0.25, -0.2) is 0 Å². The van der Waals surface area contributed by atoms with Crippen LogP contribution in [0, 0.1) is 13.8 Å². The lowest BCUT2D eigenvalue weighted by Gasteiger charge is -2.07. The molecule has 3 heterocycles. The van der Waals surface area contributed by atoms with E-state index in [1.807, 2.05) is 44.3 Å². The van der Waals surface area contributed by atoms with Gasteiger partial charge in [-0.05, 0) is 53.4 Å². The topological polar surface area (TPSA) is 88.5 Å². The van der Waals surface area contributed by atoms with Crippen molar-refractivity contribution in [3.8, 4) is 5.00 Å². The Balaban J connectivity index is 1.71. The molecular formula is C16H14N6OS. The van der Waals surface area contributed by atoms with Gasteiger partial charge in [-0.2, -0.15) is 4.68 Å². The predicted molar refractivity (Wildman–Crippen MR) is 92.8 cm³/mol. The van der Waals surface area contributed by atoms with Crippen molar-refractivity contribution in [2.45, 2.75) is 13.8 Å². The van der Waals surface area contributed by atoms with E-state index < -0.39 is 0 Å². The number of tetrazole rings is 1. The van der Waals surface area contributed by atoms with Crippen LogP contribution in [-0.2, 0) is 0 Å². The van der Waals surface area contributed by atoms with Gasteiger partial charge in [-0.3, -0.25) is 4.79 Å². The lowest BCUT2D eigenvalue weighted by atomic mass is 10.1. The number of carbonyl (C=O) groups is 1. The quantitative estimate of drug-likeness (QED) is 0.601. The second-order valence-electron chi connectivity index (χ2n) is 5.45. The highest BCUT2D eigenvalue weighted by Gasteiger charge is 2.21. The number of rotatable bonds is 3. The number of H-pyrrole nitrogens is 1. The van der Waals surface area contributed by atoms with Crippen molar-refractivity contribution in [3.05, 3.63) is 52.8 Å². The molecule has 4 rings (SSSR count). The summed E-state index contributed by atoms with van der Waals surface area (Å²) in [6.45, 7) is 3.92. The van der Waals surface area contributed by atoms with Crippen LogP contribution in [0.1, 0.15) is 20.8 Å². The van der Waals surface area contributed by atoms with E-state index in [0.717, 1.165) is 27.0 Å². The number of thiophene rings is 1. The molecule has 7 nitrogen and oxygen atoms in total. The van der Waals surface area contributed by atoms with E-state index in [1.54, 1.807) is 0 Å². The molecule has 3 aromatic heterocycles. The van der Waals surface area contributed by atoms with E-state index in [0.29, 0.717) is 10.6 Å². The fourth-order valence-electron chi connectivity index (χ4n) is 2.61. The molecule has 4 aromatic rings. The summed E-state index contributed by atoms with van der Waals surface area (Å²) in [5.74, 6) is -0.173. The van der Waals surface area contributed by atoms with Crippen molar-refractivity contribution in [1.29, 1.82) is 0 Å². The molecule has 1 aromatic carbocycles. The molecule has 0 spiro atoms. The zero-order chi connectivity index (χ0) is 16.7. The van der Waals surface area contributed by atoms with Crippen molar-refractivity contribution < 1.29 is 4.79 Å². The third kappa shape index (κ3) is 2.37. The molecule has 0 unspecified atom stereocenters. The third-order valence-corrected chi connectivity index (χ3v) is 5.16. The molecule has 0 bridgehead atoms. The van der Waals surface area contributed by atoms with E-state index in [9.17, 15) is 4.79 Å². The van der Waals surface area contributed by atoms with Gasteiger partial charge < -0.3 is 10.3 Å². The maximum atomic E-state index is 12.8. The Morgan fingerprint density at radius 3 is 2.96 bits per heavy atom. The molecule has 120 valence electrons. The number of aromatic nitrogens is 5. The Bertz CT molecular complexity index is 1030. The molecule has 0 saturated carbocycles. The van der Waals surface area contributed by atoms with Gasteiger partial charge in [-0.1, -0.05) is 6.07 Å². The van der Waals surface area contributed by atoms with Crippen LogP contribution in [0.5, 0.6) is 0 Å². The fourth-order valence-corrected chi connectivity index (χ4v) is 3.68. The number of nitrogens with zero attached hydrogens (tertiary/aromatic N) is 4. The Hall–Kier alpha value is -3.00. The first kappa shape index (κ1) is 14.6. The molecule has 0 aliphatic heterocycles. The molecule has 0 radical (unpaired) electrons. The summed E-state index contributed by atoms with van der Waals surface area (Å²) in [4.78, 5) is 17.0. The van der Waals surface area contributed by atoms with E-state index >= 15 is 0 Å². The van der Waals surface area contributed by atoms with Crippen LogP contribution in [-0.4, -0.2) is 31.1 Å². The molecule has 24 heavy (non-hydrogen) atoms. The summed E-state index contributed by atoms with van der Waals surface area (Å²) < 4.78 is 1.52. The van der Waals surface area contributed by atoms with Gasteiger partial charge in [0.25, 0.3) is 5.91 Å². The lowest BCUT2D eigenvalue weighted by Crippen LogP contribution is -2.15. The number of nitrogens with one attached hydrogen (secondary N) is 2. The van der Waals surface area contributed by atoms with Crippen LogP contribution >= 0.6 is 11.3 Å². The van der Waals surface area contributed by atoms with Gasteiger partial charge in [0, 0.05) is 22.3 Å². The van der Waals surface area contributed by atoms with Gasteiger partial charge in [0.2, 0.25) is 0 Å². The predicted octanol–water partition coefficient (Wildman–Crippen LogP) is 3.07. The Kier molecular flexibility index (Phi) is 3.39. The van der Waals surface area contributed by atoms with Gasteiger partial charge in [0.15, 0.2) is 0 Å². The van der Waals surface area contributed by atoms with Crippen molar-refractivity contribution in [2.75, 3.05) is 5.32 Å². The second-order valence-corrected chi connectivity index (χ2v) is 6.65. The Labute approximate surface area is 141 Å². The van der Waals surface area contributed by atoms with Crippen LogP contribution < -0.4 is 5.32 Å². The van der Waals surface area contributed by atoms with Crippen molar-refractivity contribution in [1.82, 2.24) is 25.2 Å². The summed E-state index contributed by atoms with van der Waals surface area (Å²) in [6, 6.07) is 7.76. The molecule has 0 aliphatic carbocycles. The molecule has 0 atom stereocenters. The first-order chi connectivity index (χ1) is 11.6. The molecule has 0 fully saturated rings. The monoisotopic (exact) mass is 338 g/mol. The fraction of sp³-hybridized carbons (Fsp3) is 0.125. The van der Waals surface area contributed by atoms with Gasteiger partial charge in [-0.15, -0.1) is 16.4 Å². The maximum absolute atomic E-state index is 12.8. The summed E-state index contributed by atoms with van der Waals surface area (Å²) >= 11 is 1.49. The highest BCUT2D eigenvalue weighted by Crippen LogP contribution is 2.31. The first-order valence-corrected chi connectivity index (χ1v) is 8.17. The molecule has 8 heteroatoms. The number of aryl methyl sites for hydroxylation is 1. The van der Waals surface area contributed by atoms with Gasteiger partial charge in [0.05, 0.1) is 5.56 Å². The normalized spacial score (nSPS) is 11.1. The number of anilines is 1. The molecule has 0 saturated heterocycles. The minimum Gasteiger partial charge on any atom is -0.361 e. The van der Waals surface area contributed by atoms with E-state index in [-0.39, 0.29) is 5.91 Å². The van der Waals surface area contributed by atoms with Crippen LogP contribution in [0.15, 0.2) is 36.8 Å². The standard InChI is InChI=1S/C16H14N6OS/c1-9-10(2)24-16(22-8-18-20-21-22)14(9)15(23)19-12-4-3-11-5-6-17-13(11)7-12/h3-8,17H,1-2H3,(H,19,23). The van der Waals surface area contributed by atoms with Crippen molar-refractivity contribution in [2.24, 2.45) is 0 Å². The third-order valence-electron chi connectivity index (χ3n) is 3.96. The Morgan fingerprint density at radius 1 is 1.29 bits per heavy atom. The molecular weight excluding hydrogens is 324 g/mol. The minimum atomic E-state index is -0.173. The lowest BCUT2D eigenvalue weighted by molar-refractivity contribution is 0.102.